The lowest BCUT2D eigenvalue weighted by Crippen LogP contribution is -2.32. The molecular weight excluding hydrogens is 765 g/mol. The van der Waals surface area contributed by atoms with Gasteiger partial charge in [0.05, 0.1) is 59.8 Å². The molecule has 0 unspecified atom stereocenters. The van der Waals surface area contributed by atoms with Crippen LogP contribution in [0, 0.1) is 25.5 Å². The lowest BCUT2D eigenvalue weighted by molar-refractivity contribution is -0.119. The summed E-state index contributed by atoms with van der Waals surface area (Å²) in [6.07, 6.45) is 2.00. The highest BCUT2D eigenvalue weighted by molar-refractivity contribution is 6.33. The van der Waals surface area contributed by atoms with Crippen molar-refractivity contribution in [3.63, 3.8) is 0 Å². The van der Waals surface area contributed by atoms with Crippen molar-refractivity contribution in [2.75, 3.05) is 0 Å². The molecular formula is C40H34Cl2F2N8O4. The molecule has 0 saturated heterocycles. The van der Waals surface area contributed by atoms with Gasteiger partial charge in [0.25, 0.3) is 11.8 Å². The summed E-state index contributed by atoms with van der Waals surface area (Å²) in [5.74, 6) is -3.89. The summed E-state index contributed by atoms with van der Waals surface area (Å²) in [7, 11) is 0. The Kier molecular flexibility index (Phi) is 11.6. The molecule has 16 heteroatoms. The fraction of sp³-hybridized carbons (Fsp3) is 0.150. The van der Waals surface area contributed by atoms with E-state index in [1.54, 1.807) is 56.3 Å². The molecule has 2 atom stereocenters. The predicted octanol–water partition coefficient (Wildman–Crippen LogP) is 7.03. The number of nitrogens with one attached hydrogen (secondary N) is 4. The van der Waals surface area contributed by atoms with Crippen molar-refractivity contribution < 1.29 is 28.0 Å². The zero-order valence-electron chi connectivity index (χ0n) is 29.8. The third-order valence-corrected chi connectivity index (χ3v) is 9.65. The van der Waals surface area contributed by atoms with E-state index in [1.165, 1.54) is 42.7 Å². The smallest absolute Gasteiger partial charge is 0.255 e. The van der Waals surface area contributed by atoms with E-state index in [4.69, 9.17) is 34.7 Å². The van der Waals surface area contributed by atoms with E-state index < -0.39 is 47.3 Å². The van der Waals surface area contributed by atoms with Gasteiger partial charge in [0.2, 0.25) is 11.8 Å². The Morgan fingerprint density at radius 3 is 1.79 bits per heavy atom. The van der Waals surface area contributed by atoms with E-state index in [1.807, 2.05) is 0 Å². The summed E-state index contributed by atoms with van der Waals surface area (Å²) in [6, 6.07) is 17.0. The van der Waals surface area contributed by atoms with Gasteiger partial charge in [0.1, 0.15) is 11.6 Å². The summed E-state index contributed by atoms with van der Waals surface area (Å²) in [4.78, 5) is 50.9. The number of aromatic nitrogens is 4. The Balaban J connectivity index is 1.25. The number of primary amides is 2. The molecule has 12 nitrogen and oxygen atoms in total. The van der Waals surface area contributed by atoms with Crippen LogP contribution in [0.4, 0.5) is 8.78 Å². The van der Waals surface area contributed by atoms with E-state index >= 15 is 4.39 Å². The number of hydrogen-bond acceptors (Lipinski definition) is 6. The second-order valence-electron chi connectivity index (χ2n) is 13.1. The molecule has 286 valence electrons. The molecule has 0 aliphatic rings. The van der Waals surface area contributed by atoms with Gasteiger partial charge < -0.3 is 22.1 Å². The summed E-state index contributed by atoms with van der Waals surface area (Å²) >= 11 is 12.9. The standard InChI is InChI=1S/C40H34Cl2F2N8O4/c1-19-6-8-25(31(43)10-19)37-28(17-47-51-37)39(55)50-34(16-36(46)54)22-7-9-24(30(42)13-22)26-14-32(44)27(11-20(26)2)38-29(18-48-52-38)40(56)49-33(15-35(45)53)21-4-3-5-23(41)12-21/h3-14,17-18,33-34H,15-16H2,1-2H3,(H2,45,53)(H2,46,54)(H,47,51)(H,48,52)(H,49,56)(H,50,55)/t33-,34-/m0/s1. The summed E-state index contributed by atoms with van der Waals surface area (Å²) in [5.41, 5.74) is 14.6. The quantitative estimate of drug-likeness (QED) is 0.0724. The Bertz CT molecular complexity index is 2500. The zero-order valence-corrected chi connectivity index (χ0v) is 31.4. The number of nitrogens with zero attached hydrogens (tertiary/aromatic N) is 2. The second kappa shape index (κ2) is 16.6. The maximum absolute atomic E-state index is 16.0. The molecule has 0 aliphatic heterocycles. The maximum Gasteiger partial charge on any atom is 0.255 e. The number of hydrogen-bond donors (Lipinski definition) is 6. The first kappa shape index (κ1) is 39.3. The van der Waals surface area contributed by atoms with Crippen molar-refractivity contribution in [2.45, 2.75) is 38.8 Å². The summed E-state index contributed by atoms with van der Waals surface area (Å²) in [5, 5.41) is 19.4. The van der Waals surface area contributed by atoms with Crippen molar-refractivity contribution >= 4 is 46.8 Å². The van der Waals surface area contributed by atoms with Crippen molar-refractivity contribution in [1.29, 1.82) is 0 Å². The molecule has 6 aromatic rings. The van der Waals surface area contributed by atoms with Gasteiger partial charge >= 0.3 is 0 Å². The normalized spacial score (nSPS) is 12.2. The minimum absolute atomic E-state index is 0.0176. The van der Waals surface area contributed by atoms with Gasteiger partial charge in [0, 0.05) is 26.7 Å². The molecule has 56 heavy (non-hydrogen) atoms. The molecule has 2 heterocycles. The van der Waals surface area contributed by atoms with Gasteiger partial charge in [-0.05, 0) is 84.1 Å². The summed E-state index contributed by atoms with van der Waals surface area (Å²) < 4.78 is 30.8. The number of carbonyl (C=O) groups is 4. The first-order chi connectivity index (χ1) is 26.7. The highest BCUT2D eigenvalue weighted by Gasteiger charge is 2.26. The molecule has 0 fully saturated rings. The number of benzene rings is 4. The first-order valence-electron chi connectivity index (χ1n) is 17.1. The van der Waals surface area contributed by atoms with Gasteiger partial charge in [0.15, 0.2) is 0 Å². The number of aryl methyl sites for hydroxylation is 2. The molecule has 2 aromatic heterocycles. The van der Waals surface area contributed by atoms with Gasteiger partial charge in [-0.25, -0.2) is 8.78 Å². The van der Waals surface area contributed by atoms with Crippen LogP contribution in [0.3, 0.4) is 0 Å². The molecule has 0 saturated carbocycles. The number of halogens is 4. The Labute approximate surface area is 329 Å². The second-order valence-corrected chi connectivity index (χ2v) is 14.0. The highest BCUT2D eigenvalue weighted by Crippen LogP contribution is 2.37. The van der Waals surface area contributed by atoms with Crippen LogP contribution in [0.5, 0.6) is 0 Å². The van der Waals surface area contributed by atoms with Crippen LogP contribution in [-0.2, 0) is 9.59 Å². The molecule has 4 amide bonds. The van der Waals surface area contributed by atoms with E-state index in [2.05, 4.69) is 31.0 Å². The van der Waals surface area contributed by atoms with Gasteiger partial charge in [-0.1, -0.05) is 53.5 Å². The van der Waals surface area contributed by atoms with Crippen LogP contribution in [0.25, 0.3) is 33.6 Å². The van der Waals surface area contributed by atoms with Crippen molar-refractivity contribution in [3.8, 4) is 33.6 Å². The largest absolute Gasteiger partial charge is 0.370 e. The lowest BCUT2D eigenvalue weighted by atomic mass is 9.93. The molecule has 0 bridgehead atoms. The van der Waals surface area contributed by atoms with E-state index in [-0.39, 0.29) is 51.5 Å². The number of carbonyl (C=O) groups excluding carboxylic acids is 4. The van der Waals surface area contributed by atoms with Gasteiger partial charge in [-0.2, -0.15) is 10.2 Å². The SMILES string of the molecule is Cc1ccc(-c2[nH]ncc2C(=O)N[C@@H](CC(N)=O)c2ccc(-c3cc(F)c(-c4[nH]ncc4C(=O)N[C@@H](CC(N)=O)c4cccc(Cl)c4)cc3C)c(Cl)c2)c(F)c1. The Morgan fingerprint density at radius 2 is 1.23 bits per heavy atom. The summed E-state index contributed by atoms with van der Waals surface area (Å²) in [6.45, 7) is 3.47. The Hall–Kier alpha value is -6.38. The Morgan fingerprint density at radius 1 is 0.679 bits per heavy atom. The molecule has 0 spiro atoms. The minimum atomic E-state index is -0.941. The molecule has 6 rings (SSSR count). The maximum atomic E-state index is 16.0. The van der Waals surface area contributed by atoms with Crippen molar-refractivity contribution in [1.82, 2.24) is 31.0 Å². The lowest BCUT2D eigenvalue weighted by Gasteiger charge is -2.20. The van der Waals surface area contributed by atoms with E-state index in [9.17, 15) is 23.6 Å². The molecule has 0 aliphatic carbocycles. The van der Waals surface area contributed by atoms with Crippen LogP contribution in [0.15, 0.2) is 85.2 Å². The number of aromatic amines is 2. The first-order valence-corrected chi connectivity index (χ1v) is 17.8. The monoisotopic (exact) mass is 798 g/mol. The van der Waals surface area contributed by atoms with E-state index in [0.29, 0.717) is 38.4 Å². The number of amides is 4. The van der Waals surface area contributed by atoms with Crippen molar-refractivity contribution in [2.24, 2.45) is 11.5 Å². The van der Waals surface area contributed by atoms with E-state index in [0.717, 1.165) is 0 Å². The van der Waals surface area contributed by atoms with Gasteiger partial charge in [-0.15, -0.1) is 0 Å². The highest BCUT2D eigenvalue weighted by atomic mass is 35.5. The number of nitrogens with two attached hydrogens (primary N) is 2. The predicted molar refractivity (Wildman–Crippen MR) is 207 cm³/mol. The van der Waals surface area contributed by atoms with Gasteiger partial charge in [-0.3, -0.25) is 29.4 Å². The number of H-pyrrole nitrogens is 2. The average Bonchev–Trinajstić information content (AvgIpc) is 3.83. The molecule has 4 aromatic carbocycles. The topological polar surface area (TPSA) is 202 Å². The third kappa shape index (κ3) is 8.61. The van der Waals surface area contributed by atoms with Crippen molar-refractivity contribution in [3.05, 3.63) is 140 Å². The zero-order chi connectivity index (χ0) is 40.3. The fourth-order valence-corrected chi connectivity index (χ4v) is 6.87. The van der Waals surface area contributed by atoms with Crippen LogP contribution < -0.4 is 22.1 Å². The van der Waals surface area contributed by atoms with Crippen LogP contribution in [-0.4, -0.2) is 44.0 Å². The number of rotatable bonds is 13. The van der Waals surface area contributed by atoms with Crippen LogP contribution in [0.1, 0.15) is 67.9 Å². The molecule has 8 N–H and O–H groups in total. The molecule has 0 radical (unpaired) electrons. The fourth-order valence-electron chi connectivity index (χ4n) is 6.38. The minimum Gasteiger partial charge on any atom is -0.370 e. The van der Waals surface area contributed by atoms with Crippen LogP contribution in [0.2, 0.25) is 10.0 Å². The third-order valence-electron chi connectivity index (χ3n) is 9.10. The van der Waals surface area contributed by atoms with Crippen LogP contribution >= 0.6 is 23.2 Å². The average molecular weight is 800 g/mol.